The molecule has 0 aromatic carbocycles. The molecule has 2 fully saturated rings. The van der Waals surface area contributed by atoms with Crippen molar-refractivity contribution in [1.29, 1.82) is 0 Å². The number of anilines is 2. The number of terminal acetylenes is 2. The summed E-state index contributed by atoms with van der Waals surface area (Å²) in [5, 5.41) is 30.2. The largest absolute Gasteiger partial charge is 1.00 e. The van der Waals surface area contributed by atoms with Crippen LogP contribution in [0.2, 0.25) is 0 Å². The van der Waals surface area contributed by atoms with Crippen LogP contribution in [0.25, 0.3) is 22.3 Å². The summed E-state index contributed by atoms with van der Waals surface area (Å²) in [4.78, 5) is 60.9. The number of carbonyl (C=O) groups is 3. The van der Waals surface area contributed by atoms with Crippen LogP contribution in [0.4, 0.5) is 34.8 Å². The Hall–Kier alpha value is -5.11. The van der Waals surface area contributed by atoms with Gasteiger partial charge in [-0.05, 0) is 54.4 Å². The third kappa shape index (κ3) is 11.3. The molecule has 2 aliphatic heterocycles. The summed E-state index contributed by atoms with van der Waals surface area (Å²) in [7, 11) is 0.750. The zero-order chi connectivity index (χ0) is 46.3. The summed E-state index contributed by atoms with van der Waals surface area (Å²) in [6, 6.07) is 0. The van der Waals surface area contributed by atoms with E-state index in [-0.39, 0.29) is 76.1 Å². The maximum absolute atomic E-state index is 14.5. The molecule has 2 aliphatic rings. The Balaban J connectivity index is 0.000000323. The number of aromatic nitrogens is 8. The minimum Gasteiger partial charge on any atom is -0.857 e. The van der Waals surface area contributed by atoms with Gasteiger partial charge in [0.05, 0.1) is 37.6 Å². The third-order valence-corrected chi connectivity index (χ3v) is 9.46. The average Bonchev–Trinajstić information content (AvgIpc) is 3.98. The van der Waals surface area contributed by atoms with Crippen molar-refractivity contribution in [3.05, 3.63) is 24.8 Å². The van der Waals surface area contributed by atoms with Crippen molar-refractivity contribution in [2.45, 2.75) is 123 Å². The number of hydrogen-bond acceptors (Lipinski definition) is 17. The Bertz CT molecular complexity index is 2310. The zero-order valence-electron chi connectivity index (χ0n) is 36.5. The first-order chi connectivity index (χ1) is 29.3. The molecule has 21 nitrogen and oxygen atoms in total. The molecular formula is C39H49F2N10NaO11. The van der Waals surface area contributed by atoms with Gasteiger partial charge in [0, 0.05) is 12.3 Å². The molecular weight excluding hydrogens is 845 g/mol. The smallest absolute Gasteiger partial charge is 0.857 e. The van der Waals surface area contributed by atoms with Crippen LogP contribution < -0.4 is 44.9 Å². The third-order valence-electron chi connectivity index (χ3n) is 9.46. The number of imidazole rings is 2. The Morgan fingerprint density at radius 1 is 0.873 bits per heavy atom. The molecule has 3 N–H and O–H groups in total. The number of fused-ring (bicyclic) bond motifs is 2. The van der Waals surface area contributed by atoms with E-state index in [0.29, 0.717) is 17.7 Å². The first-order valence-corrected chi connectivity index (χ1v) is 19.3. The summed E-state index contributed by atoms with van der Waals surface area (Å²) in [5.74, 6) is 4.44. The van der Waals surface area contributed by atoms with E-state index in [1.165, 1.54) is 21.8 Å². The second-order valence-electron chi connectivity index (χ2n) is 14.7. The first kappa shape index (κ1) is 52.2. The van der Waals surface area contributed by atoms with Crippen molar-refractivity contribution in [1.82, 2.24) is 39.0 Å². The molecule has 0 spiro atoms. The van der Waals surface area contributed by atoms with Gasteiger partial charge < -0.3 is 39.0 Å². The first-order valence-electron chi connectivity index (χ1n) is 19.3. The maximum Gasteiger partial charge on any atom is 1.00 e. The molecule has 6 atom stereocenters. The Morgan fingerprint density at radius 2 is 1.35 bits per heavy atom. The van der Waals surface area contributed by atoms with E-state index in [2.05, 4.69) is 47.1 Å². The predicted molar refractivity (Wildman–Crippen MR) is 213 cm³/mol. The van der Waals surface area contributed by atoms with Crippen LogP contribution in [-0.2, 0) is 23.7 Å². The Kier molecular flexibility index (Phi) is 18.2. The Morgan fingerprint density at radius 3 is 1.81 bits per heavy atom. The normalized spacial score (nSPS) is 22.6. The van der Waals surface area contributed by atoms with E-state index in [1.54, 1.807) is 41.5 Å². The quantitative estimate of drug-likeness (QED) is 0.0906. The number of carbonyl (C=O) groups excluding carboxylic acids is 3. The van der Waals surface area contributed by atoms with E-state index < -0.39 is 84.8 Å². The zero-order valence-corrected chi connectivity index (χ0v) is 38.5. The molecule has 0 unspecified atom stereocenters. The van der Waals surface area contributed by atoms with Crippen molar-refractivity contribution in [3.63, 3.8) is 0 Å². The second kappa shape index (κ2) is 22.0. The van der Waals surface area contributed by atoms with Gasteiger partial charge in [0.15, 0.2) is 39.6 Å². The maximum atomic E-state index is 14.5. The molecule has 336 valence electrons. The fraction of sp³-hybridized carbons (Fsp3) is 0.564. The van der Waals surface area contributed by atoms with Crippen molar-refractivity contribution in [2.24, 2.45) is 5.92 Å². The number of rotatable bonds is 9. The van der Waals surface area contributed by atoms with Crippen LogP contribution in [-0.4, -0.2) is 117 Å². The van der Waals surface area contributed by atoms with Gasteiger partial charge in [-0.2, -0.15) is 40.7 Å². The van der Waals surface area contributed by atoms with E-state index in [9.17, 15) is 33.4 Å². The van der Waals surface area contributed by atoms with Gasteiger partial charge in [0.25, 0.3) is 0 Å². The van der Waals surface area contributed by atoms with E-state index in [1.807, 2.05) is 13.8 Å². The predicted octanol–water partition coefficient (Wildman–Crippen LogP) is 0.746. The van der Waals surface area contributed by atoms with Gasteiger partial charge in [-0.3, -0.25) is 14.5 Å². The van der Waals surface area contributed by atoms with E-state index >= 15 is 0 Å². The monoisotopic (exact) mass is 894 g/mol. The molecule has 63 heavy (non-hydrogen) atoms. The summed E-state index contributed by atoms with van der Waals surface area (Å²) < 4.78 is 58.3. The van der Waals surface area contributed by atoms with E-state index in [4.69, 9.17) is 41.6 Å². The number of aliphatic hydroxyl groups excluding tert-OH is 2. The number of aliphatic hydroxyl groups is 2. The molecule has 0 bridgehead atoms. The van der Waals surface area contributed by atoms with Gasteiger partial charge in [0.1, 0.15) is 24.2 Å². The number of nitrogens with one attached hydrogen (secondary N) is 1. The minimum atomic E-state index is -1.57. The van der Waals surface area contributed by atoms with Crippen LogP contribution in [0.1, 0.15) is 87.1 Å². The van der Waals surface area contributed by atoms with Crippen molar-refractivity contribution < 1.29 is 91.7 Å². The van der Waals surface area contributed by atoms with Crippen LogP contribution in [0, 0.1) is 42.8 Å². The van der Waals surface area contributed by atoms with Crippen LogP contribution >= 0.6 is 0 Å². The summed E-state index contributed by atoms with van der Waals surface area (Å²) in [5.41, 5.74) is -2.19. The van der Waals surface area contributed by atoms with Crippen molar-refractivity contribution >= 4 is 52.2 Å². The standard InChI is InChI=1S/C22H28FN5O5.C16H18FN5O5.CH3O.Na/c1-8-22(9-2)14(7)10-15(33-22)27-11-24-16-17(27)25-19(23)26-18(16)28(20(29)31-12(3)4)21(30)32-13(5)6;1-4-16(6-23)9(24)5-10(27-16)22-7-18-11-12(19-14(17)21-13(11)22)20-15(25)26-8(2)3;1-2;/h1,11-15H,9-10H2,2-7H3;1,7-10,23-24H,5-6H2,2-3H3,(H,19,20,21,25);1H3;/q;;-1;+1/t14-,15+,22+;9-,10+,16+;;/m00../s1. The minimum absolute atomic E-state index is 0. The number of imide groups is 1. The average molecular weight is 895 g/mol. The van der Waals surface area contributed by atoms with Gasteiger partial charge in [-0.15, -0.1) is 12.8 Å². The summed E-state index contributed by atoms with van der Waals surface area (Å²) >= 11 is 0. The van der Waals surface area contributed by atoms with E-state index in [0.717, 1.165) is 7.11 Å². The van der Waals surface area contributed by atoms with Crippen molar-refractivity contribution in [3.8, 4) is 24.7 Å². The molecule has 0 radical (unpaired) electrons. The molecule has 0 aliphatic carbocycles. The van der Waals surface area contributed by atoms with Gasteiger partial charge in [0.2, 0.25) is 0 Å². The number of ether oxygens (including phenoxy) is 5. The molecule has 24 heteroatoms. The SMILES string of the molecule is C#C[C@]1(CC)O[C@@H](n2cnc3c(N(C(=O)OC(C)C)C(=O)OC(C)C)nc(F)nc32)C[C@@H]1C.C#C[C@]1(CO)O[C@@H](n2cnc3c(NC(=O)OC(C)C)nc(F)nc32)C[C@@H]1O.C[O-].[Na+]. The number of nitrogens with zero attached hydrogens (tertiary/aromatic N) is 9. The topological polar surface area (TPSA) is 263 Å². The number of halogens is 2. The molecule has 4 aromatic rings. The molecule has 4 aromatic heterocycles. The number of hydrogen-bond donors (Lipinski definition) is 3. The molecule has 0 saturated carbocycles. The van der Waals surface area contributed by atoms with Gasteiger partial charge in [-0.25, -0.2) is 24.4 Å². The molecule has 6 rings (SSSR count). The van der Waals surface area contributed by atoms with Gasteiger partial charge in [-0.1, -0.05) is 25.7 Å². The fourth-order valence-electron chi connectivity index (χ4n) is 6.55. The summed E-state index contributed by atoms with van der Waals surface area (Å²) in [6.45, 7) is 13.1. The van der Waals surface area contributed by atoms with Crippen molar-refractivity contribution in [2.75, 3.05) is 23.9 Å². The fourth-order valence-corrected chi connectivity index (χ4v) is 6.55. The van der Waals surface area contributed by atoms with Crippen LogP contribution in [0.5, 0.6) is 0 Å². The molecule has 2 saturated heterocycles. The molecule has 6 heterocycles. The Labute approximate surface area is 383 Å². The van der Waals surface area contributed by atoms with Gasteiger partial charge >= 0.3 is 60.0 Å². The van der Waals surface area contributed by atoms with Crippen LogP contribution in [0.15, 0.2) is 12.7 Å². The summed E-state index contributed by atoms with van der Waals surface area (Å²) in [6.07, 6.45) is 5.68. The second-order valence-corrected chi connectivity index (χ2v) is 14.7. The van der Waals surface area contributed by atoms with Crippen LogP contribution in [0.3, 0.4) is 0 Å². The number of amides is 3. The molecule has 3 amide bonds.